The van der Waals surface area contributed by atoms with Gasteiger partial charge in [-0.25, -0.2) is 0 Å². The van der Waals surface area contributed by atoms with Gasteiger partial charge in [0.15, 0.2) is 0 Å². The van der Waals surface area contributed by atoms with E-state index in [2.05, 4.69) is 17.1 Å². The predicted octanol–water partition coefficient (Wildman–Crippen LogP) is 1.52. The zero-order valence-electron chi connectivity index (χ0n) is 9.67. The number of thioether (sulfide) groups is 1. The van der Waals surface area contributed by atoms with Crippen molar-refractivity contribution in [3.8, 4) is 0 Å². The standard InChI is InChI=1S/C11H23NO2S/c1-13-7-8-14-6-5-12-10-11-4-2-3-9-15-11/h11-12H,2-10H2,1H3. The normalized spacial score (nSPS) is 21.8. The monoisotopic (exact) mass is 233 g/mol. The van der Waals surface area contributed by atoms with E-state index >= 15 is 0 Å². The minimum absolute atomic E-state index is 0.693. The van der Waals surface area contributed by atoms with Gasteiger partial charge in [-0.05, 0) is 18.6 Å². The van der Waals surface area contributed by atoms with Gasteiger partial charge in [0.25, 0.3) is 0 Å². The van der Waals surface area contributed by atoms with Crippen molar-refractivity contribution < 1.29 is 9.47 Å². The summed E-state index contributed by atoms with van der Waals surface area (Å²) in [6.45, 7) is 4.29. The Bertz CT molecular complexity index is 141. The molecule has 1 rings (SSSR count). The molecule has 1 saturated heterocycles. The average molecular weight is 233 g/mol. The van der Waals surface area contributed by atoms with Crippen molar-refractivity contribution in [3.05, 3.63) is 0 Å². The Kier molecular flexibility index (Phi) is 8.38. The lowest BCUT2D eigenvalue weighted by molar-refractivity contribution is 0.0720. The third-order valence-electron chi connectivity index (χ3n) is 2.50. The number of hydrogen-bond donors (Lipinski definition) is 1. The molecule has 3 nitrogen and oxygen atoms in total. The molecule has 1 aliphatic rings. The molecule has 1 fully saturated rings. The maximum Gasteiger partial charge on any atom is 0.0700 e. The summed E-state index contributed by atoms with van der Waals surface area (Å²) in [5, 5.41) is 4.28. The van der Waals surface area contributed by atoms with Gasteiger partial charge in [-0.1, -0.05) is 6.42 Å². The highest BCUT2D eigenvalue weighted by molar-refractivity contribution is 7.99. The molecular formula is C11H23NO2S. The van der Waals surface area contributed by atoms with Gasteiger partial charge in [0.2, 0.25) is 0 Å². The maximum atomic E-state index is 5.37. The fourth-order valence-electron chi connectivity index (χ4n) is 1.62. The second-order valence-corrected chi connectivity index (χ2v) is 5.21. The summed E-state index contributed by atoms with van der Waals surface area (Å²) >= 11 is 2.11. The van der Waals surface area contributed by atoms with Gasteiger partial charge < -0.3 is 14.8 Å². The topological polar surface area (TPSA) is 30.5 Å². The van der Waals surface area contributed by atoms with Crippen molar-refractivity contribution in [1.29, 1.82) is 0 Å². The molecule has 0 bridgehead atoms. The van der Waals surface area contributed by atoms with Crippen molar-refractivity contribution in [2.24, 2.45) is 0 Å². The van der Waals surface area contributed by atoms with Crippen LogP contribution in [0.1, 0.15) is 19.3 Å². The third-order valence-corrected chi connectivity index (χ3v) is 3.90. The molecule has 0 aliphatic carbocycles. The van der Waals surface area contributed by atoms with Gasteiger partial charge in [-0.15, -0.1) is 0 Å². The summed E-state index contributed by atoms with van der Waals surface area (Å²) in [5.74, 6) is 1.34. The van der Waals surface area contributed by atoms with Crippen LogP contribution in [0.5, 0.6) is 0 Å². The Morgan fingerprint density at radius 3 is 2.93 bits per heavy atom. The fraction of sp³-hybridized carbons (Fsp3) is 1.00. The highest BCUT2D eigenvalue weighted by Gasteiger charge is 2.12. The highest BCUT2D eigenvalue weighted by Crippen LogP contribution is 2.23. The van der Waals surface area contributed by atoms with Crippen LogP contribution in [0.4, 0.5) is 0 Å². The number of methoxy groups -OCH3 is 1. The first-order chi connectivity index (χ1) is 7.43. The molecule has 1 atom stereocenters. The zero-order valence-corrected chi connectivity index (χ0v) is 10.5. The van der Waals surface area contributed by atoms with Crippen LogP contribution in [0.2, 0.25) is 0 Å². The smallest absolute Gasteiger partial charge is 0.0700 e. The molecule has 0 aromatic heterocycles. The van der Waals surface area contributed by atoms with Gasteiger partial charge in [0.05, 0.1) is 19.8 Å². The molecule has 0 aromatic carbocycles. The Hall–Kier alpha value is 0.230. The number of nitrogens with one attached hydrogen (secondary N) is 1. The zero-order chi connectivity index (χ0) is 10.8. The molecule has 0 spiro atoms. The average Bonchev–Trinajstić information content (AvgIpc) is 2.29. The summed E-state index contributed by atoms with van der Waals surface area (Å²) in [5.41, 5.74) is 0. The van der Waals surface area contributed by atoms with Crippen molar-refractivity contribution in [3.63, 3.8) is 0 Å². The Balaban J connectivity index is 1.79. The van der Waals surface area contributed by atoms with Crippen LogP contribution in [0, 0.1) is 0 Å². The first-order valence-electron chi connectivity index (χ1n) is 5.82. The van der Waals surface area contributed by atoms with Gasteiger partial charge in [0, 0.05) is 25.4 Å². The summed E-state index contributed by atoms with van der Waals surface area (Å²) in [6.07, 6.45) is 4.19. The molecule has 0 saturated carbocycles. The van der Waals surface area contributed by atoms with Crippen molar-refractivity contribution >= 4 is 11.8 Å². The maximum absolute atomic E-state index is 5.37. The van der Waals surface area contributed by atoms with E-state index in [-0.39, 0.29) is 0 Å². The molecule has 1 unspecified atom stereocenters. The Morgan fingerprint density at radius 2 is 2.20 bits per heavy atom. The SMILES string of the molecule is COCCOCCNCC1CCCCS1. The van der Waals surface area contributed by atoms with Crippen molar-refractivity contribution in [1.82, 2.24) is 5.32 Å². The fourth-order valence-corrected chi connectivity index (χ4v) is 2.89. The summed E-state index contributed by atoms with van der Waals surface area (Å²) in [7, 11) is 1.70. The first kappa shape index (κ1) is 13.3. The minimum Gasteiger partial charge on any atom is -0.382 e. The van der Waals surface area contributed by atoms with Gasteiger partial charge in [0.1, 0.15) is 0 Å². The number of hydrogen-bond acceptors (Lipinski definition) is 4. The van der Waals surface area contributed by atoms with Crippen molar-refractivity contribution in [2.75, 3.05) is 45.8 Å². The van der Waals surface area contributed by atoms with E-state index in [1.54, 1.807) is 7.11 Å². The molecule has 15 heavy (non-hydrogen) atoms. The second-order valence-electron chi connectivity index (χ2n) is 3.80. The largest absolute Gasteiger partial charge is 0.382 e. The van der Waals surface area contributed by atoms with Crippen LogP contribution < -0.4 is 5.32 Å². The molecule has 1 aliphatic heterocycles. The van der Waals surface area contributed by atoms with Gasteiger partial charge >= 0.3 is 0 Å². The van der Waals surface area contributed by atoms with E-state index in [1.807, 2.05) is 0 Å². The number of ether oxygens (including phenoxy) is 2. The van der Waals surface area contributed by atoms with Crippen LogP contribution in [-0.2, 0) is 9.47 Å². The van der Waals surface area contributed by atoms with E-state index in [1.165, 1.54) is 25.0 Å². The lowest BCUT2D eigenvalue weighted by Gasteiger charge is -2.21. The van der Waals surface area contributed by atoms with Gasteiger partial charge in [-0.2, -0.15) is 11.8 Å². The third kappa shape index (κ3) is 7.17. The molecule has 0 amide bonds. The summed E-state index contributed by atoms with van der Waals surface area (Å²) in [4.78, 5) is 0. The molecule has 1 N–H and O–H groups in total. The predicted molar refractivity (Wildman–Crippen MR) is 65.7 cm³/mol. The lowest BCUT2D eigenvalue weighted by atomic mass is 10.2. The Morgan fingerprint density at radius 1 is 1.27 bits per heavy atom. The minimum atomic E-state index is 0.693. The van der Waals surface area contributed by atoms with Crippen LogP contribution in [-0.4, -0.2) is 51.0 Å². The van der Waals surface area contributed by atoms with Crippen molar-refractivity contribution in [2.45, 2.75) is 24.5 Å². The van der Waals surface area contributed by atoms with E-state index < -0.39 is 0 Å². The van der Waals surface area contributed by atoms with E-state index in [4.69, 9.17) is 9.47 Å². The Labute approximate surface area is 97.3 Å². The van der Waals surface area contributed by atoms with E-state index in [9.17, 15) is 0 Å². The van der Waals surface area contributed by atoms with Crippen LogP contribution in [0.25, 0.3) is 0 Å². The molecule has 0 aromatic rings. The summed E-state index contributed by atoms with van der Waals surface area (Å²) < 4.78 is 10.3. The summed E-state index contributed by atoms with van der Waals surface area (Å²) in [6, 6.07) is 0. The lowest BCUT2D eigenvalue weighted by Crippen LogP contribution is -2.29. The van der Waals surface area contributed by atoms with Crippen LogP contribution in [0.15, 0.2) is 0 Å². The van der Waals surface area contributed by atoms with E-state index in [0.717, 1.165) is 24.9 Å². The molecule has 90 valence electrons. The first-order valence-corrected chi connectivity index (χ1v) is 6.87. The molecule has 0 radical (unpaired) electrons. The second kappa shape index (κ2) is 9.46. The molecule has 1 heterocycles. The van der Waals surface area contributed by atoms with Gasteiger partial charge in [-0.3, -0.25) is 0 Å². The molecule has 4 heteroatoms. The van der Waals surface area contributed by atoms with Crippen LogP contribution in [0.3, 0.4) is 0 Å². The molecular weight excluding hydrogens is 210 g/mol. The van der Waals surface area contributed by atoms with Crippen LogP contribution >= 0.6 is 11.8 Å². The highest BCUT2D eigenvalue weighted by atomic mass is 32.2. The quantitative estimate of drug-likeness (QED) is 0.644. The number of rotatable bonds is 8. The van der Waals surface area contributed by atoms with E-state index in [0.29, 0.717) is 13.2 Å².